The van der Waals surface area contributed by atoms with Gasteiger partial charge in [0.05, 0.1) is 5.75 Å². The maximum atomic E-state index is 11.8. The Balaban J connectivity index is 1.81. The minimum Gasteiger partial charge on any atom is -0.272 e. The van der Waals surface area contributed by atoms with Crippen molar-refractivity contribution < 1.29 is 9.59 Å². The van der Waals surface area contributed by atoms with Crippen LogP contribution in [0.5, 0.6) is 0 Å². The number of amides is 2. The summed E-state index contributed by atoms with van der Waals surface area (Å²) in [6, 6.07) is 14.3. The standard InChI is InChI=1S/C16H15ClN2O2S/c1-11-5-2-3-8-14(11)22-10-15(20)18-19-16(21)12-6-4-7-13(17)9-12/h2-9H,10H2,1H3,(H,18,20)(H,19,21). The van der Waals surface area contributed by atoms with Crippen molar-refractivity contribution >= 4 is 35.2 Å². The molecule has 0 aromatic heterocycles. The molecule has 0 fully saturated rings. The van der Waals surface area contributed by atoms with E-state index in [9.17, 15) is 9.59 Å². The molecule has 0 bridgehead atoms. The van der Waals surface area contributed by atoms with E-state index in [1.165, 1.54) is 17.8 Å². The lowest BCUT2D eigenvalue weighted by molar-refractivity contribution is -0.119. The highest BCUT2D eigenvalue weighted by atomic mass is 35.5. The Labute approximate surface area is 138 Å². The molecule has 0 aliphatic rings. The maximum Gasteiger partial charge on any atom is 0.269 e. The lowest BCUT2D eigenvalue weighted by Gasteiger charge is -2.08. The van der Waals surface area contributed by atoms with Gasteiger partial charge in [-0.1, -0.05) is 35.9 Å². The molecule has 0 unspecified atom stereocenters. The molecule has 0 saturated carbocycles. The summed E-state index contributed by atoms with van der Waals surface area (Å²) in [5.41, 5.74) is 6.26. The van der Waals surface area contributed by atoms with E-state index >= 15 is 0 Å². The lowest BCUT2D eigenvalue weighted by Crippen LogP contribution is -2.42. The Morgan fingerprint density at radius 3 is 2.59 bits per heavy atom. The van der Waals surface area contributed by atoms with Gasteiger partial charge in [-0.2, -0.15) is 0 Å². The van der Waals surface area contributed by atoms with Gasteiger partial charge in [0, 0.05) is 15.5 Å². The second-order valence-electron chi connectivity index (χ2n) is 4.57. The predicted octanol–water partition coefficient (Wildman–Crippen LogP) is 3.20. The van der Waals surface area contributed by atoms with Gasteiger partial charge in [0.2, 0.25) is 5.91 Å². The van der Waals surface area contributed by atoms with Crippen LogP contribution in [0.3, 0.4) is 0 Å². The highest BCUT2D eigenvalue weighted by molar-refractivity contribution is 8.00. The van der Waals surface area contributed by atoms with Gasteiger partial charge >= 0.3 is 0 Å². The molecule has 0 aliphatic carbocycles. The van der Waals surface area contributed by atoms with Crippen molar-refractivity contribution in [2.24, 2.45) is 0 Å². The quantitative estimate of drug-likeness (QED) is 0.667. The van der Waals surface area contributed by atoms with Gasteiger partial charge in [-0.15, -0.1) is 11.8 Å². The number of benzene rings is 2. The molecule has 0 aliphatic heterocycles. The van der Waals surface area contributed by atoms with Gasteiger partial charge in [0.25, 0.3) is 5.91 Å². The molecule has 114 valence electrons. The van der Waals surface area contributed by atoms with Crippen molar-refractivity contribution in [1.82, 2.24) is 10.9 Å². The molecule has 22 heavy (non-hydrogen) atoms. The molecule has 0 atom stereocenters. The zero-order valence-corrected chi connectivity index (χ0v) is 13.5. The number of hydrazine groups is 1. The van der Waals surface area contributed by atoms with E-state index in [0.29, 0.717) is 10.6 Å². The van der Waals surface area contributed by atoms with Crippen LogP contribution in [0.2, 0.25) is 5.02 Å². The number of halogens is 1. The predicted molar refractivity (Wildman–Crippen MR) is 89.0 cm³/mol. The summed E-state index contributed by atoms with van der Waals surface area (Å²) >= 11 is 7.23. The van der Waals surface area contributed by atoms with Gasteiger partial charge in [0.1, 0.15) is 0 Å². The largest absolute Gasteiger partial charge is 0.272 e. The third kappa shape index (κ3) is 4.79. The summed E-state index contributed by atoms with van der Waals surface area (Å²) in [4.78, 5) is 24.6. The molecule has 0 radical (unpaired) electrons. The second kappa shape index (κ2) is 7.87. The Hall–Kier alpha value is -1.98. The molecule has 2 aromatic rings. The Bertz CT molecular complexity index is 691. The molecule has 2 amide bonds. The van der Waals surface area contributed by atoms with Crippen LogP contribution in [0, 0.1) is 6.92 Å². The zero-order valence-electron chi connectivity index (χ0n) is 11.9. The fraction of sp³-hybridized carbons (Fsp3) is 0.125. The number of carbonyl (C=O) groups excluding carboxylic acids is 2. The lowest BCUT2D eigenvalue weighted by atomic mass is 10.2. The molecular weight excluding hydrogens is 320 g/mol. The first-order chi connectivity index (χ1) is 10.6. The number of aryl methyl sites for hydroxylation is 1. The summed E-state index contributed by atoms with van der Waals surface area (Å²) < 4.78 is 0. The van der Waals surface area contributed by atoms with Gasteiger partial charge in [-0.05, 0) is 36.8 Å². The molecule has 4 nitrogen and oxygen atoms in total. The molecule has 6 heteroatoms. The van der Waals surface area contributed by atoms with E-state index in [1.807, 2.05) is 31.2 Å². The van der Waals surface area contributed by atoms with Gasteiger partial charge in [-0.3, -0.25) is 20.4 Å². The van der Waals surface area contributed by atoms with Gasteiger partial charge < -0.3 is 0 Å². The van der Waals surface area contributed by atoms with Crippen LogP contribution in [-0.2, 0) is 4.79 Å². The Kier molecular flexibility index (Phi) is 5.86. The summed E-state index contributed by atoms with van der Waals surface area (Å²) in [5.74, 6) is -0.457. The van der Waals surface area contributed by atoms with Crippen molar-refractivity contribution in [3.05, 3.63) is 64.7 Å². The van der Waals surface area contributed by atoms with Gasteiger partial charge in [-0.25, -0.2) is 0 Å². The van der Waals surface area contributed by atoms with E-state index in [0.717, 1.165) is 10.5 Å². The van der Waals surface area contributed by atoms with Crippen molar-refractivity contribution in [3.8, 4) is 0 Å². The van der Waals surface area contributed by atoms with Crippen LogP contribution in [-0.4, -0.2) is 17.6 Å². The first-order valence-electron chi connectivity index (χ1n) is 6.59. The van der Waals surface area contributed by atoms with Crippen LogP contribution in [0.15, 0.2) is 53.4 Å². The number of nitrogens with one attached hydrogen (secondary N) is 2. The summed E-state index contributed by atoms with van der Waals surface area (Å²) in [6.07, 6.45) is 0. The van der Waals surface area contributed by atoms with E-state index < -0.39 is 5.91 Å². The van der Waals surface area contributed by atoms with Crippen molar-refractivity contribution in [2.45, 2.75) is 11.8 Å². The fourth-order valence-electron chi connectivity index (χ4n) is 1.73. The number of hydrogen-bond donors (Lipinski definition) is 2. The third-order valence-electron chi connectivity index (χ3n) is 2.85. The summed E-state index contributed by atoms with van der Waals surface area (Å²) in [5, 5.41) is 0.467. The van der Waals surface area contributed by atoms with Crippen LogP contribution in [0.4, 0.5) is 0 Å². The number of carbonyl (C=O) groups is 2. The summed E-state index contributed by atoms with van der Waals surface area (Å²) in [6.45, 7) is 1.99. The van der Waals surface area contributed by atoms with E-state index in [2.05, 4.69) is 10.9 Å². The highest BCUT2D eigenvalue weighted by Gasteiger charge is 2.08. The zero-order chi connectivity index (χ0) is 15.9. The molecule has 2 rings (SSSR count). The SMILES string of the molecule is Cc1ccccc1SCC(=O)NNC(=O)c1cccc(Cl)c1. The first-order valence-corrected chi connectivity index (χ1v) is 7.96. The van der Waals surface area contributed by atoms with Crippen LogP contribution in [0.1, 0.15) is 15.9 Å². The van der Waals surface area contributed by atoms with Crippen LogP contribution < -0.4 is 10.9 Å². The number of thioether (sulfide) groups is 1. The van der Waals surface area contributed by atoms with Crippen molar-refractivity contribution in [2.75, 3.05) is 5.75 Å². The molecule has 2 N–H and O–H groups in total. The normalized spacial score (nSPS) is 10.1. The fourth-order valence-corrected chi connectivity index (χ4v) is 2.75. The summed E-state index contributed by atoms with van der Waals surface area (Å²) in [7, 11) is 0. The molecular formula is C16H15ClN2O2S. The van der Waals surface area contributed by atoms with E-state index in [-0.39, 0.29) is 11.7 Å². The smallest absolute Gasteiger partial charge is 0.269 e. The van der Waals surface area contributed by atoms with Crippen molar-refractivity contribution in [3.63, 3.8) is 0 Å². The highest BCUT2D eigenvalue weighted by Crippen LogP contribution is 2.21. The number of rotatable bonds is 4. The van der Waals surface area contributed by atoms with Crippen molar-refractivity contribution in [1.29, 1.82) is 0 Å². The van der Waals surface area contributed by atoms with E-state index in [4.69, 9.17) is 11.6 Å². The van der Waals surface area contributed by atoms with Crippen LogP contribution in [0.25, 0.3) is 0 Å². The average Bonchev–Trinajstić information content (AvgIpc) is 2.52. The van der Waals surface area contributed by atoms with E-state index in [1.54, 1.807) is 18.2 Å². The second-order valence-corrected chi connectivity index (χ2v) is 6.02. The Morgan fingerprint density at radius 1 is 1.09 bits per heavy atom. The molecule has 0 spiro atoms. The monoisotopic (exact) mass is 334 g/mol. The minimum atomic E-state index is -0.406. The molecule has 0 saturated heterocycles. The maximum absolute atomic E-state index is 11.8. The third-order valence-corrected chi connectivity index (χ3v) is 4.27. The molecule has 0 heterocycles. The minimum absolute atomic E-state index is 0.223. The first kappa shape index (κ1) is 16.4. The van der Waals surface area contributed by atoms with Gasteiger partial charge in [0.15, 0.2) is 0 Å². The topological polar surface area (TPSA) is 58.2 Å². The van der Waals surface area contributed by atoms with Crippen LogP contribution >= 0.6 is 23.4 Å². The Morgan fingerprint density at radius 2 is 1.86 bits per heavy atom. The average molecular weight is 335 g/mol. The molecule has 2 aromatic carbocycles. The number of hydrogen-bond acceptors (Lipinski definition) is 3.